The van der Waals surface area contributed by atoms with Crippen molar-refractivity contribution < 1.29 is 47.5 Å². The number of nitrogens with two attached hydrogens (primary N) is 1. The maximum atomic E-state index is 12.5. The minimum Gasteiger partial charge on any atom is -0.480 e. The van der Waals surface area contributed by atoms with Gasteiger partial charge in [0.05, 0.1) is 13.2 Å². The lowest BCUT2D eigenvalue weighted by Crippen LogP contribution is -2.34. The zero-order chi connectivity index (χ0) is 36.4. The number of hydrogen-bond acceptors (Lipinski definition) is 9. The van der Waals surface area contributed by atoms with E-state index in [0.29, 0.717) is 12.8 Å². The Morgan fingerprint density at radius 1 is 0.612 bits per heavy atom. The SMILES string of the molecule is CCCC/C=C/CCCCCCCCCCCC(=O)OC[C@@H](COP(=O)(O)OC[C@@H](N)C(=O)O)OC(=O)CCCCCCCCCCCC. The standard InChI is InChI=1S/C37H70NO10P/c1-3-5-7-9-11-13-15-16-17-18-19-21-22-24-26-28-35(39)45-30-33(31-46-49(43,44)47-32-34(38)37(41)42)48-36(40)29-27-25-23-20-14-12-10-8-6-4-2/h9,11,33-34H,3-8,10,12-32,38H2,1-2H3,(H,41,42)(H,43,44)/b11-9+/t33-,34+/m0/s1. The minimum atomic E-state index is -4.70. The molecule has 0 spiro atoms. The third kappa shape index (κ3) is 33.1. The van der Waals surface area contributed by atoms with Gasteiger partial charge in [-0.2, -0.15) is 0 Å². The molecule has 11 nitrogen and oxygen atoms in total. The summed E-state index contributed by atoms with van der Waals surface area (Å²) in [5.41, 5.74) is 5.31. The second kappa shape index (κ2) is 33.4. The van der Waals surface area contributed by atoms with E-state index in [1.54, 1.807) is 0 Å². The van der Waals surface area contributed by atoms with Gasteiger partial charge in [0.2, 0.25) is 0 Å². The Morgan fingerprint density at radius 3 is 1.55 bits per heavy atom. The van der Waals surface area contributed by atoms with E-state index in [0.717, 1.165) is 38.5 Å². The first-order chi connectivity index (χ1) is 23.6. The summed E-state index contributed by atoms with van der Waals surface area (Å²) in [6, 6.07) is -1.52. The van der Waals surface area contributed by atoms with Crippen LogP contribution in [0.2, 0.25) is 0 Å². The summed E-state index contributed by atoms with van der Waals surface area (Å²) in [7, 11) is -4.70. The molecule has 0 aliphatic carbocycles. The summed E-state index contributed by atoms with van der Waals surface area (Å²) in [4.78, 5) is 45.7. The van der Waals surface area contributed by atoms with Crippen molar-refractivity contribution in [2.24, 2.45) is 5.73 Å². The second-order valence-corrected chi connectivity index (χ2v) is 14.5. The van der Waals surface area contributed by atoms with Gasteiger partial charge >= 0.3 is 25.7 Å². The molecule has 0 bridgehead atoms. The van der Waals surface area contributed by atoms with Gasteiger partial charge in [0.25, 0.3) is 0 Å². The Bertz CT molecular complexity index is 900. The molecule has 0 amide bonds. The van der Waals surface area contributed by atoms with Crippen LogP contribution in [-0.4, -0.2) is 59.9 Å². The van der Waals surface area contributed by atoms with Crippen molar-refractivity contribution in [1.29, 1.82) is 0 Å². The normalized spacial score (nSPS) is 14.0. The van der Waals surface area contributed by atoms with Crippen molar-refractivity contribution in [1.82, 2.24) is 0 Å². The number of ether oxygens (including phenoxy) is 2. The summed E-state index contributed by atoms with van der Waals surface area (Å²) >= 11 is 0. The van der Waals surface area contributed by atoms with Crippen molar-refractivity contribution in [3.05, 3.63) is 12.2 Å². The molecule has 0 heterocycles. The lowest BCUT2D eigenvalue weighted by Gasteiger charge is -2.20. The lowest BCUT2D eigenvalue weighted by molar-refractivity contribution is -0.161. The Hall–Kier alpha value is -1.78. The highest BCUT2D eigenvalue weighted by molar-refractivity contribution is 7.47. The predicted octanol–water partition coefficient (Wildman–Crippen LogP) is 9.34. The molecule has 0 saturated heterocycles. The van der Waals surface area contributed by atoms with E-state index >= 15 is 0 Å². The van der Waals surface area contributed by atoms with Crippen LogP contribution in [0.3, 0.4) is 0 Å². The molecule has 12 heteroatoms. The zero-order valence-corrected chi connectivity index (χ0v) is 31.7. The van der Waals surface area contributed by atoms with E-state index < -0.39 is 51.1 Å². The molecular weight excluding hydrogens is 649 g/mol. The van der Waals surface area contributed by atoms with Gasteiger partial charge in [0.1, 0.15) is 12.6 Å². The summed E-state index contributed by atoms with van der Waals surface area (Å²) in [5.74, 6) is -2.38. The van der Waals surface area contributed by atoms with Crippen LogP contribution in [0.5, 0.6) is 0 Å². The van der Waals surface area contributed by atoms with Crippen LogP contribution in [-0.2, 0) is 37.5 Å². The van der Waals surface area contributed by atoms with Crippen molar-refractivity contribution in [2.75, 3.05) is 19.8 Å². The Labute approximate surface area is 297 Å². The number of carboxylic acid groups (broad SMARTS) is 1. The van der Waals surface area contributed by atoms with E-state index in [2.05, 4.69) is 30.5 Å². The summed E-state index contributed by atoms with van der Waals surface area (Å²) < 4.78 is 32.5. The molecule has 0 aromatic heterocycles. The highest BCUT2D eigenvalue weighted by atomic mass is 31.2. The molecule has 49 heavy (non-hydrogen) atoms. The molecule has 0 saturated carbocycles. The average Bonchev–Trinajstić information content (AvgIpc) is 3.07. The number of aliphatic carboxylic acids is 1. The molecule has 3 atom stereocenters. The number of phosphoric acid groups is 1. The summed E-state index contributed by atoms with van der Waals surface area (Å²) in [6.07, 6.45) is 30.0. The molecular formula is C37H70NO10P. The van der Waals surface area contributed by atoms with Gasteiger partial charge in [0.15, 0.2) is 6.10 Å². The number of unbranched alkanes of at least 4 members (excludes halogenated alkanes) is 20. The van der Waals surface area contributed by atoms with Crippen LogP contribution in [0.4, 0.5) is 0 Å². The van der Waals surface area contributed by atoms with Gasteiger partial charge in [-0.05, 0) is 32.1 Å². The number of carbonyl (C=O) groups is 3. The van der Waals surface area contributed by atoms with Crippen molar-refractivity contribution in [2.45, 2.75) is 187 Å². The highest BCUT2D eigenvalue weighted by Crippen LogP contribution is 2.43. The third-order valence-electron chi connectivity index (χ3n) is 8.26. The van der Waals surface area contributed by atoms with Gasteiger partial charge < -0.3 is 25.2 Å². The van der Waals surface area contributed by atoms with Crippen LogP contribution in [0.25, 0.3) is 0 Å². The number of carbonyl (C=O) groups excluding carboxylic acids is 2. The average molecular weight is 720 g/mol. The van der Waals surface area contributed by atoms with E-state index in [1.807, 2.05) is 0 Å². The van der Waals surface area contributed by atoms with E-state index in [4.69, 9.17) is 24.8 Å². The molecule has 0 rings (SSSR count). The van der Waals surface area contributed by atoms with Crippen LogP contribution in [0.1, 0.15) is 174 Å². The monoisotopic (exact) mass is 719 g/mol. The van der Waals surface area contributed by atoms with Gasteiger partial charge in [-0.25, -0.2) is 4.57 Å². The fraction of sp³-hybridized carbons (Fsp3) is 0.865. The minimum absolute atomic E-state index is 0.165. The first-order valence-corrected chi connectivity index (χ1v) is 20.7. The predicted molar refractivity (Wildman–Crippen MR) is 194 cm³/mol. The summed E-state index contributed by atoms with van der Waals surface area (Å²) in [5, 5.41) is 8.85. The Balaban J connectivity index is 4.38. The molecule has 0 aromatic carbocycles. The van der Waals surface area contributed by atoms with Gasteiger partial charge in [-0.15, -0.1) is 0 Å². The first kappa shape index (κ1) is 47.2. The van der Waals surface area contributed by atoms with Crippen molar-refractivity contribution >= 4 is 25.7 Å². The number of carboxylic acids is 1. The number of rotatable bonds is 36. The number of esters is 2. The molecule has 0 aliphatic heterocycles. The van der Waals surface area contributed by atoms with Gasteiger partial charge in [-0.3, -0.25) is 23.4 Å². The van der Waals surface area contributed by atoms with Crippen LogP contribution in [0.15, 0.2) is 12.2 Å². The molecule has 0 aromatic rings. The van der Waals surface area contributed by atoms with Crippen LogP contribution in [0, 0.1) is 0 Å². The van der Waals surface area contributed by atoms with Crippen LogP contribution >= 0.6 is 7.82 Å². The van der Waals surface area contributed by atoms with Gasteiger partial charge in [-0.1, -0.05) is 142 Å². The highest BCUT2D eigenvalue weighted by Gasteiger charge is 2.28. The Morgan fingerprint density at radius 2 is 1.04 bits per heavy atom. The smallest absolute Gasteiger partial charge is 0.472 e. The number of hydrogen-bond donors (Lipinski definition) is 3. The first-order valence-electron chi connectivity index (χ1n) is 19.2. The largest absolute Gasteiger partial charge is 0.480 e. The van der Waals surface area contributed by atoms with E-state index in [-0.39, 0.29) is 19.4 Å². The van der Waals surface area contributed by atoms with E-state index in [9.17, 15) is 23.8 Å². The second-order valence-electron chi connectivity index (χ2n) is 13.1. The van der Waals surface area contributed by atoms with Crippen LogP contribution < -0.4 is 5.73 Å². The lowest BCUT2D eigenvalue weighted by atomic mass is 10.1. The topological polar surface area (TPSA) is 172 Å². The molecule has 4 N–H and O–H groups in total. The summed E-state index contributed by atoms with van der Waals surface area (Å²) in [6.45, 7) is 2.74. The number of allylic oxidation sites excluding steroid dienone is 2. The van der Waals surface area contributed by atoms with Crippen molar-refractivity contribution in [3.63, 3.8) is 0 Å². The maximum absolute atomic E-state index is 12.5. The van der Waals surface area contributed by atoms with Gasteiger partial charge in [0, 0.05) is 12.8 Å². The quantitative estimate of drug-likeness (QED) is 0.0244. The molecule has 0 radical (unpaired) electrons. The fourth-order valence-electron chi connectivity index (χ4n) is 5.16. The maximum Gasteiger partial charge on any atom is 0.472 e. The molecule has 1 unspecified atom stereocenters. The molecule has 288 valence electrons. The molecule has 0 aliphatic rings. The van der Waals surface area contributed by atoms with E-state index in [1.165, 1.54) is 96.3 Å². The third-order valence-corrected chi connectivity index (χ3v) is 9.21. The fourth-order valence-corrected chi connectivity index (χ4v) is 5.94. The Kier molecular flexibility index (Phi) is 32.2. The molecule has 0 fully saturated rings. The number of phosphoric ester groups is 1. The zero-order valence-electron chi connectivity index (χ0n) is 30.8. The van der Waals surface area contributed by atoms with Crippen molar-refractivity contribution in [3.8, 4) is 0 Å².